The van der Waals surface area contributed by atoms with Gasteiger partial charge in [0.25, 0.3) is 0 Å². The van der Waals surface area contributed by atoms with Crippen LogP contribution in [0.3, 0.4) is 0 Å². The maximum absolute atomic E-state index is 10.2. The molecular formula is C11H20O7. The lowest BCUT2D eigenvalue weighted by molar-refractivity contribution is -0.143. The second-order valence-electron chi connectivity index (χ2n) is 3.18. The van der Waals surface area contributed by atoms with Crippen molar-refractivity contribution in [3.63, 3.8) is 0 Å². The van der Waals surface area contributed by atoms with Gasteiger partial charge in [0.05, 0.1) is 7.11 Å². The smallest absolute Gasteiger partial charge is 0.313 e. The number of esters is 1. The Bertz CT molecular complexity index is 257. The number of methoxy groups -OCH3 is 1. The van der Waals surface area contributed by atoms with E-state index >= 15 is 0 Å². The topological polar surface area (TPSA) is 118 Å². The van der Waals surface area contributed by atoms with Gasteiger partial charge in [0.1, 0.15) is 25.4 Å². The number of carbonyl (C=O) groups excluding carboxylic acids is 4. The molecule has 7 heteroatoms. The van der Waals surface area contributed by atoms with Gasteiger partial charge in [-0.05, 0) is 20.8 Å². The van der Waals surface area contributed by atoms with Gasteiger partial charge in [-0.3, -0.25) is 19.2 Å². The monoisotopic (exact) mass is 264 g/mol. The highest BCUT2D eigenvalue weighted by Gasteiger charge is 2.01. The number of hydrogen-bond acceptors (Lipinski definition) is 7. The van der Waals surface area contributed by atoms with Crippen molar-refractivity contribution in [2.75, 3.05) is 20.3 Å². The Hall–Kier alpha value is -1.60. The largest absolute Gasteiger partial charge is 0.469 e. The van der Waals surface area contributed by atoms with Gasteiger partial charge in [-0.1, -0.05) is 0 Å². The molecule has 0 aliphatic carbocycles. The van der Waals surface area contributed by atoms with Gasteiger partial charge < -0.3 is 14.9 Å². The second-order valence-corrected chi connectivity index (χ2v) is 3.18. The molecule has 0 saturated carbocycles. The van der Waals surface area contributed by atoms with E-state index in [0.717, 1.165) is 0 Å². The molecule has 2 N–H and O–H groups in total. The molecule has 0 aromatic heterocycles. The highest BCUT2D eigenvalue weighted by atomic mass is 16.5. The van der Waals surface area contributed by atoms with E-state index in [1.165, 1.54) is 27.9 Å². The number of aliphatic hydroxyl groups is 2. The maximum Gasteiger partial charge on any atom is 0.313 e. The summed E-state index contributed by atoms with van der Waals surface area (Å²) >= 11 is 0. The number of carbonyl (C=O) groups is 4. The summed E-state index contributed by atoms with van der Waals surface area (Å²) in [4.78, 5) is 39.4. The normalized spacial score (nSPS) is 7.89. The zero-order valence-electron chi connectivity index (χ0n) is 11.1. The van der Waals surface area contributed by atoms with Crippen molar-refractivity contribution >= 4 is 23.3 Å². The van der Waals surface area contributed by atoms with E-state index in [4.69, 9.17) is 10.2 Å². The van der Waals surface area contributed by atoms with Crippen LogP contribution in [0.5, 0.6) is 0 Å². The Kier molecular flexibility index (Phi) is 18.5. The number of rotatable bonds is 4. The molecule has 0 aromatic carbocycles. The van der Waals surface area contributed by atoms with Gasteiger partial charge in [-0.2, -0.15) is 0 Å². The number of Topliss-reactive ketones (excluding diaryl/α,β-unsaturated/α-hetero) is 3. The van der Waals surface area contributed by atoms with Crippen molar-refractivity contribution in [1.29, 1.82) is 0 Å². The molecule has 0 spiro atoms. The molecule has 106 valence electrons. The van der Waals surface area contributed by atoms with Crippen molar-refractivity contribution in [1.82, 2.24) is 0 Å². The van der Waals surface area contributed by atoms with Crippen LogP contribution in [0.25, 0.3) is 0 Å². The van der Waals surface area contributed by atoms with Crippen LogP contribution in [0.1, 0.15) is 27.2 Å². The zero-order valence-corrected chi connectivity index (χ0v) is 11.1. The minimum atomic E-state index is -0.475. The zero-order chi connectivity index (χ0) is 15.1. The molecule has 18 heavy (non-hydrogen) atoms. The Morgan fingerprint density at radius 1 is 0.833 bits per heavy atom. The molecule has 0 saturated heterocycles. The van der Waals surface area contributed by atoms with E-state index in [-0.39, 0.29) is 37.0 Å². The van der Waals surface area contributed by atoms with Crippen molar-refractivity contribution in [2.24, 2.45) is 0 Å². The Balaban J connectivity index is -0.000000197. The summed E-state index contributed by atoms with van der Waals surface area (Å²) in [5.41, 5.74) is 0. The standard InChI is InChI=1S/C5H8O3.2C3H6O2/c1-4(6)3-5(7)8-2;2*1-3(5)2-4/h3H2,1-2H3;2*4H,2H2,1H3. The third-order valence-corrected chi connectivity index (χ3v) is 1.07. The van der Waals surface area contributed by atoms with E-state index in [1.807, 2.05) is 0 Å². The Labute approximate surface area is 106 Å². The van der Waals surface area contributed by atoms with Crippen LogP contribution in [-0.4, -0.2) is 53.9 Å². The number of aliphatic hydroxyl groups excluding tert-OH is 2. The van der Waals surface area contributed by atoms with E-state index < -0.39 is 5.97 Å². The molecule has 0 aliphatic heterocycles. The van der Waals surface area contributed by atoms with Crippen LogP contribution < -0.4 is 0 Å². The molecule has 0 fully saturated rings. The van der Waals surface area contributed by atoms with Crippen LogP contribution in [0.2, 0.25) is 0 Å². The summed E-state index contributed by atoms with van der Waals surface area (Å²) in [5, 5.41) is 15.6. The van der Waals surface area contributed by atoms with Crippen molar-refractivity contribution < 1.29 is 34.1 Å². The van der Waals surface area contributed by atoms with Crippen LogP contribution in [0.15, 0.2) is 0 Å². The molecule has 0 amide bonds. The quantitative estimate of drug-likeness (QED) is 0.507. The summed E-state index contributed by atoms with van der Waals surface area (Å²) in [6, 6.07) is 0. The maximum atomic E-state index is 10.2. The lowest BCUT2D eigenvalue weighted by atomic mass is 10.3. The van der Waals surface area contributed by atoms with Gasteiger partial charge >= 0.3 is 5.97 Å². The predicted molar refractivity (Wildman–Crippen MR) is 62.8 cm³/mol. The van der Waals surface area contributed by atoms with Gasteiger partial charge in [0.2, 0.25) is 0 Å². The molecule has 0 bridgehead atoms. The lowest BCUT2D eigenvalue weighted by Gasteiger charge is -1.90. The van der Waals surface area contributed by atoms with Gasteiger partial charge in [0, 0.05) is 0 Å². The molecule has 0 unspecified atom stereocenters. The number of ether oxygens (including phenoxy) is 1. The molecule has 7 nitrogen and oxygen atoms in total. The van der Waals surface area contributed by atoms with Gasteiger partial charge in [0.15, 0.2) is 11.6 Å². The van der Waals surface area contributed by atoms with Crippen LogP contribution in [0.4, 0.5) is 0 Å². The Morgan fingerprint density at radius 2 is 1.11 bits per heavy atom. The van der Waals surface area contributed by atoms with Crippen LogP contribution in [0, 0.1) is 0 Å². The van der Waals surface area contributed by atoms with Crippen molar-refractivity contribution in [3.05, 3.63) is 0 Å². The minimum Gasteiger partial charge on any atom is -0.469 e. The summed E-state index contributed by atoms with van der Waals surface area (Å²) in [7, 11) is 1.26. The Morgan fingerprint density at radius 3 is 1.17 bits per heavy atom. The molecular weight excluding hydrogens is 244 g/mol. The first kappa shape index (κ1) is 21.7. The lowest BCUT2D eigenvalue weighted by Crippen LogP contribution is -2.05. The second kappa shape index (κ2) is 15.4. The van der Waals surface area contributed by atoms with Gasteiger partial charge in [-0.15, -0.1) is 0 Å². The first-order valence-electron chi connectivity index (χ1n) is 4.98. The highest BCUT2D eigenvalue weighted by molar-refractivity contribution is 5.93. The molecule has 0 rings (SSSR count). The van der Waals surface area contributed by atoms with Crippen LogP contribution in [-0.2, 0) is 23.9 Å². The molecule has 0 aliphatic rings. The highest BCUT2D eigenvalue weighted by Crippen LogP contribution is 1.83. The first-order valence-corrected chi connectivity index (χ1v) is 4.98. The third-order valence-electron chi connectivity index (χ3n) is 1.07. The number of ketones is 3. The van der Waals surface area contributed by atoms with E-state index in [1.54, 1.807) is 0 Å². The number of hydrogen-bond donors (Lipinski definition) is 2. The summed E-state index contributed by atoms with van der Waals surface area (Å²) in [6.07, 6.45) is -0.115. The summed E-state index contributed by atoms with van der Waals surface area (Å²) in [5.74, 6) is -1.02. The molecule has 0 radical (unpaired) electrons. The predicted octanol–water partition coefficient (Wildman–Crippen LogP) is -0.726. The fourth-order valence-electron chi connectivity index (χ4n) is 0.275. The first-order chi connectivity index (χ1) is 8.20. The third kappa shape index (κ3) is 36.6. The van der Waals surface area contributed by atoms with E-state index in [0.29, 0.717) is 0 Å². The van der Waals surface area contributed by atoms with E-state index in [9.17, 15) is 19.2 Å². The average molecular weight is 264 g/mol. The summed E-state index contributed by atoms with van der Waals surface area (Å²) < 4.78 is 4.20. The van der Waals surface area contributed by atoms with Crippen molar-refractivity contribution in [2.45, 2.75) is 27.2 Å². The SMILES string of the molecule is CC(=O)CO.CC(=O)CO.COC(=O)CC(C)=O. The molecule has 0 heterocycles. The van der Waals surface area contributed by atoms with Gasteiger partial charge in [-0.25, -0.2) is 0 Å². The fraction of sp³-hybridized carbons (Fsp3) is 0.636. The summed E-state index contributed by atoms with van der Waals surface area (Å²) in [6.45, 7) is 3.34. The van der Waals surface area contributed by atoms with Crippen LogP contribution >= 0.6 is 0 Å². The molecule has 0 aromatic rings. The minimum absolute atomic E-state index is 0.115. The molecule has 0 atom stereocenters. The fourth-order valence-corrected chi connectivity index (χ4v) is 0.275. The van der Waals surface area contributed by atoms with E-state index in [2.05, 4.69) is 4.74 Å². The average Bonchev–Trinajstić information content (AvgIpc) is 2.29. The van der Waals surface area contributed by atoms with Crippen molar-refractivity contribution in [3.8, 4) is 0 Å².